The number of benzene rings is 2. The minimum atomic E-state index is -1.15. The van der Waals surface area contributed by atoms with E-state index in [4.69, 9.17) is 9.47 Å². The fourth-order valence-corrected chi connectivity index (χ4v) is 5.78. The van der Waals surface area contributed by atoms with Gasteiger partial charge < -0.3 is 24.9 Å². The van der Waals surface area contributed by atoms with Crippen molar-refractivity contribution in [3.63, 3.8) is 0 Å². The Morgan fingerprint density at radius 3 is 2.22 bits per heavy atom. The zero-order valence-corrected chi connectivity index (χ0v) is 29.6. The van der Waals surface area contributed by atoms with Gasteiger partial charge >= 0.3 is 29.3 Å². The lowest BCUT2D eigenvalue weighted by Gasteiger charge is -2.27. The number of hydrogen-bond acceptors (Lipinski definition) is 9. The van der Waals surface area contributed by atoms with Crippen LogP contribution in [0.15, 0.2) is 49.4 Å². The fraction of sp³-hybridized carbons (Fsp3) is 0.424. The van der Waals surface area contributed by atoms with Crippen LogP contribution in [0.4, 0.5) is 15.3 Å². The van der Waals surface area contributed by atoms with Crippen molar-refractivity contribution in [2.75, 3.05) is 5.32 Å². The predicted octanol–water partition coefficient (Wildman–Crippen LogP) is 4.50. The van der Waals surface area contributed by atoms with Gasteiger partial charge in [0, 0.05) is 22.6 Å². The number of amides is 3. The smallest absolute Gasteiger partial charge is 0.414 e. The first kappa shape index (κ1) is 36.8. The molecule has 0 saturated carbocycles. The number of aliphatic carboxylic acids is 1. The summed E-state index contributed by atoms with van der Waals surface area (Å²) in [5, 5.41) is 17.1. The van der Waals surface area contributed by atoms with E-state index >= 15 is 0 Å². The Hall–Kier alpha value is -4.99. The summed E-state index contributed by atoms with van der Waals surface area (Å²) in [5.74, 6) is -1.89. The second-order valence-electron chi connectivity index (χ2n) is 13.5. The van der Waals surface area contributed by atoms with Gasteiger partial charge in [0.1, 0.15) is 11.2 Å². The Labute approximate surface area is 289 Å². The number of rotatable bonds is 7. The molecule has 1 aliphatic heterocycles. The Morgan fingerprint density at radius 1 is 1.00 bits per heavy atom. The molecule has 0 spiro atoms. The fourth-order valence-electron chi connectivity index (χ4n) is 5.28. The third kappa shape index (κ3) is 10.2. The third-order valence-electron chi connectivity index (χ3n) is 7.03. The van der Waals surface area contributed by atoms with Gasteiger partial charge in [0.25, 0.3) is 0 Å². The molecular weight excluding hydrogens is 704 g/mol. The molecule has 0 radical (unpaired) electrons. The van der Waals surface area contributed by atoms with Crippen molar-refractivity contribution in [1.29, 1.82) is 0 Å². The minimum Gasteiger partial charge on any atom is -0.481 e. The van der Waals surface area contributed by atoms with Crippen LogP contribution in [0, 0.1) is 0 Å². The zero-order chi connectivity index (χ0) is 36.3. The number of halogens is 1. The standard InChI is InChI=1S/C33H39BrN6O9/c1-32(2,3)48-30(46)38-29(39-31(47)49-33(4,5)6)35-16-17-7-10-22(19(11-17)13-25(42)43)36-24(41)15-21-9-8-18-12-20(34)14-23-26(18)40(21)28(45)27(44)37-23/h7,10-12,14,21H,8-9,13,15-16H2,1-6H3,(H,36,41)(H,37,44)(H,42,43)(H2,35,38,39,46,47). The van der Waals surface area contributed by atoms with Crippen LogP contribution in [0.1, 0.15) is 77.1 Å². The van der Waals surface area contributed by atoms with Gasteiger partial charge in [0.2, 0.25) is 11.9 Å². The number of carboxylic acid groups (broad SMARTS) is 1. The molecular formula is C33H39BrN6O9. The second-order valence-corrected chi connectivity index (χ2v) is 14.4. The summed E-state index contributed by atoms with van der Waals surface area (Å²) in [5.41, 5.74) is -0.296. The number of nitrogens with one attached hydrogen (secondary N) is 4. The Bertz CT molecular complexity index is 1920. The lowest BCUT2D eigenvalue weighted by molar-refractivity contribution is -0.136. The molecule has 1 aliphatic rings. The molecule has 5 N–H and O–H groups in total. The number of aromatic nitrogens is 2. The number of ether oxygens (including phenoxy) is 2. The van der Waals surface area contributed by atoms with Crippen molar-refractivity contribution in [2.45, 2.75) is 91.0 Å². The average Bonchev–Trinajstić information content (AvgIpc) is 2.93. The highest BCUT2D eigenvalue weighted by Gasteiger charge is 2.27. The van der Waals surface area contributed by atoms with Crippen LogP contribution >= 0.6 is 15.9 Å². The summed E-state index contributed by atoms with van der Waals surface area (Å²) < 4.78 is 12.6. The molecule has 0 saturated heterocycles. The van der Waals surface area contributed by atoms with Crippen molar-refractivity contribution in [2.24, 2.45) is 4.99 Å². The summed E-state index contributed by atoms with van der Waals surface area (Å²) in [6.07, 6.45) is -1.31. The maximum absolute atomic E-state index is 13.3. The van der Waals surface area contributed by atoms with Crippen LogP contribution in [0.25, 0.3) is 11.0 Å². The van der Waals surface area contributed by atoms with Crippen molar-refractivity contribution in [1.82, 2.24) is 20.2 Å². The lowest BCUT2D eigenvalue weighted by atomic mass is 9.96. The SMILES string of the molecule is CC(C)(C)OC(=O)NC(=NCc1ccc(NC(=O)CC2CCc3cc(Br)cc4[nH]c(=O)c(=O)n2c34)c(CC(=O)O)c1)NC(=O)OC(C)(C)C. The van der Waals surface area contributed by atoms with E-state index in [1.165, 1.54) is 16.7 Å². The van der Waals surface area contributed by atoms with Crippen LogP contribution in [0.5, 0.6) is 0 Å². The van der Waals surface area contributed by atoms with Crippen molar-refractivity contribution in [3.05, 3.63) is 72.2 Å². The summed E-state index contributed by atoms with van der Waals surface area (Å²) in [6.45, 7) is 9.91. The van der Waals surface area contributed by atoms with Gasteiger partial charge in [-0.25, -0.2) is 14.6 Å². The second kappa shape index (κ2) is 14.6. The third-order valence-corrected chi connectivity index (χ3v) is 7.49. The number of alkyl carbamates (subject to hydrolysis) is 2. The lowest BCUT2D eigenvalue weighted by Crippen LogP contribution is -2.47. The number of hydrogen-bond donors (Lipinski definition) is 5. The number of H-pyrrole nitrogens is 1. The first-order valence-corrected chi connectivity index (χ1v) is 16.2. The van der Waals surface area contributed by atoms with Gasteiger partial charge in [-0.3, -0.25) is 34.4 Å². The van der Waals surface area contributed by atoms with Crippen molar-refractivity contribution >= 4 is 62.7 Å². The van der Waals surface area contributed by atoms with Gasteiger partial charge in [0.05, 0.1) is 24.0 Å². The van der Waals surface area contributed by atoms with Gasteiger partial charge in [-0.05, 0) is 89.3 Å². The summed E-state index contributed by atoms with van der Waals surface area (Å²) in [4.78, 5) is 82.2. The number of carbonyl (C=O) groups excluding carboxylic acids is 3. The molecule has 3 amide bonds. The molecule has 262 valence electrons. The Morgan fingerprint density at radius 2 is 1.63 bits per heavy atom. The number of carbonyl (C=O) groups is 4. The molecule has 1 unspecified atom stereocenters. The number of aromatic amines is 1. The summed E-state index contributed by atoms with van der Waals surface area (Å²) in [7, 11) is 0. The molecule has 15 nitrogen and oxygen atoms in total. The monoisotopic (exact) mass is 742 g/mol. The zero-order valence-electron chi connectivity index (χ0n) is 28.0. The van der Waals surface area contributed by atoms with E-state index in [1.807, 2.05) is 6.07 Å². The van der Waals surface area contributed by atoms with Gasteiger partial charge in [0.15, 0.2) is 0 Å². The van der Waals surface area contributed by atoms with E-state index in [-0.39, 0.29) is 30.2 Å². The van der Waals surface area contributed by atoms with Gasteiger partial charge in [-0.15, -0.1) is 0 Å². The molecule has 4 rings (SSSR count). The maximum Gasteiger partial charge on any atom is 0.414 e. The van der Waals surface area contributed by atoms with Gasteiger partial charge in [-0.2, -0.15) is 0 Å². The van der Waals surface area contributed by atoms with Crippen molar-refractivity contribution < 1.29 is 33.8 Å². The van der Waals surface area contributed by atoms with Crippen molar-refractivity contribution in [3.8, 4) is 0 Å². The largest absolute Gasteiger partial charge is 0.481 e. The molecule has 0 fully saturated rings. The van der Waals surface area contributed by atoms with Crippen LogP contribution in [0.3, 0.4) is 0 Å². The molecule has 2 heterocycles. The van der Waals surface area contributed by atoms with E-state index in [9.17, 15) is 33.9 Å². The highest BCUT2D eigenvalue weighted by Crippen LogP contribution is 2.32. The number of anilines is 1. The molecule has 1 atom stereocenters. The highest BCUT2D eigenvalue weighted by atomic mass is 79.9. The van der Waals surface area contributed by atoms with E-state index in [0.29, 0.717) is 29.4 Å². The first-order chi connectivity index (χ1) is 22.8. The van der Waals surface area contributed by atoms with E-state index in [1.54, 1.807) is 53.7 Å². The molecule has 1 aromatic heterocycles. The quantitative estimate of drug-likeness (QED) is 0.131. The Kier molecular flexibility index (Phi) is 11.0. The topological polar surface area (TPSA) is 210 Å². The minimum absolute atomic E-state index is 0.110. The van der Waals surface area contributed by atoms with Crippen LogP contribution < -0.4 is 27.1 Å². The first-order valence-electron chi connectivity index (χ1n) is 15.4. The number of carboxylic acids is 1. The van der Waals surface area contributed by atoms with Gasteiger partial charge in [-0.1, -0.05) is 28.1 Å². The molecule has 2 aromatic carbocycles. The van der Waals surface area contributed by atoms with Crippen LogP contribution in [-0.2, 0) is 38.4 Å². The van der Waals surface area contributed by atoms with Crippen LogP contribution in [-0.4, -0.2) is 55.9 Å². The maximum atomic E-state index is 13.3. The normalized spacial score (nSPS) is 14.1. The number of aryl methyl sites for hydroxylation is 1. The molecule has 3 aromatic rings. The Balaban J connectivity index is 1.55. The molecule has 49 heavy (non-hydrogen) atoms. The summed E-state index contributed by atoms with van der Waals surface area (Å²) in [6, 6.07) is 7.63. The summed E-state index contributed by atoms with van der Waals surface area (Å²) >= 11 is 3.43. The van der Waals surface area contributed by atoms with Crippen LogP contribution in [0.2, 0.25) is 0 Å². The molecule has 0 aliphatic carbocycles. The number of nitrogens with zero attached hydrogens (tertiary/aromatic N) is 2. The molecule has 0 bridgehead atoms. The number of guanidine groups is 1. The highest BCUT2D eigenvalue weighted by molar-refractivity contribution is 9.10. The van der Waals surface area contributed by atoms with E-state index in [2.05, 4.69) is 41.9 Å². The number of aliphatic imine (C=N–C) groups is 1. The van der Waals surface area contributed by atoms with E-state index < -0.39 is 58.8 Å². The predicted molar refractivity (Wildman–Crippen MR) is 185 cm³/mol. The van der Waals surface area contributed by atoms with E-state index in [0.717, 1.165) is 10.0 Å². The average molecular weight is 744 g/mol. The molecule has 16 heteroatoms.